The monoisotopic (exact) mass is 314 g/mol. The van der Waals surface area contributed by atoms with Gasteiger partial charge < -0.3 is 15.2 Å². The number of amides is 1. The fraction of sp³-hybridized carbons (Fsp3) is 0.412. The first-order chi connectivity index (χ1) is 11.2. The summed E-state index contributed by atoms with van der Waals surface area (Å²) in [7, 11) is 0. The van der Waals surface area contributed by atoms with Gasteiger partial charge in [-0.2, -0.15) is 4.39 Å². The molecule has 3 fully saturated rings. The lowest BCUT2D eigenvalue weighted by atomic mass is 9.84. The Labute approximate surface area is 133 Å². The molecule has 6 heteroatoms. The van der Waals surface area contributed by atoms with E-state index in [0.29, 0.717) is 23.0 Å². The molecule has 5 nitrogen and oxygen atoms in total. The topological polar surface area (TPSA) is 61.0 Å². The van der Waals surface area contributed by atoms with Gasteiger partial charge in [0.1, 0.15) is 5.69 Å². The Kier molecular flexibility index (Phi) is 3.61. The number of H-pyrrole nitrogens is 1. The van der Waals surface area contributed by atoms with Crippen molar-refractivity contribution in [2.45, 2.75) is 18.9 Å². The largest absolute Gasteiger partial charge is 0.349 e. The molecule has 0 saturated carbocycles. The molecule has 3 saturated heterocycles. The third-order valence-corrected chi connectivity index (χ3v) is 4.89. The lowest BCUT2D eigenvalue weighted by molar-refractivity contribution is 0.0618. The second kappa shape index (κ2) is 5.77. The highest BCUT2D eigenvalue weighted by molar-refractivity contribution is 5.93. The van der Waals surface area contributed by atoms with Crippen molar-refractivity contribution in [1.82, 2.24) is 20.2 Å². The first-order valence-corrected chi connectivity index (χ1v) is 8.04. The summed E-state index contributed by atoms with van der Waals surface area (Å²) in [5, 5.41) is 3.14. The maximum atomic E-state index is 13.2. The van der Waals surface area contributed by atoms with E-state index in [4.69, 9.17) is 0 Å². The van der Waals surface area contributed by atoms with Crippen molar-refractivity contribution in [2.24, 2.45) is 5.92 Å². The van der Waals surface area contributed by atoms with Crippen LogP contribution in [0.15, 0.2) is 30.3 Å². The van der Waals surface area contributed by atoms with E-state index in [2.05, 4.69) is 20.2 Å². The van der Waals surface area contributed by atoms with E-state index in [1.807, 2.05) is 0 Å². The molecule has 1 amide bonds. The Bertz CT molecular complexity index is 721. The molecule has 5 heterocycles. The van der Waals surface area contributed by atoms with Crippen LogP contribution in [-0.4, -0.2) is 46.5 Å². The lowest BCUT2D eigenvalue weighted by Crippen LogP contribution is -2.57. The second-order valence-electron chi connectivity index (χ2n) is 6.35. The molecule has 0 spiro atoms. The van der Waals surface area contributed by atoms with Gasteiger partial charge in [0.2, 0.25) is 5.95 Å². The van der Waals surface area contributed by atoms with Gasteiger partial charge in [-0.25, -0.2) is 4.98 Å². The molecular formula is C17H19FN4O. The van der Waals surface area contributed by atoms with Crippen LogP contribution in [0.3, 0.4) is 0 Å². The van der Waals surface area contributed by atoms with Crippen LogP contribution < -0.4 is 5.32 Å². The highest BCUT2D eigenvalue weighted by Crippen LogP contribution is 2.27. The van der Waals surface area contributed by atoms with E-state index in [9.17, 15) is 9.18 Å². The molecule has 23 heavy (non-hydrogen) atoms. The van der Waals surface area contributed by atoms with E-state index >= 15 is 0 Å². The number of hydrogen-bond donors (Lipinski definition) is 2. The van der Waals surface area contributed by atoms with Crippen LogP contribution in [0.4, 0.5) is 4.39 Å². The van der Waals surface area contributed by atoms with Crippen molar-refractivity contribution in [3.8, 4) is 11.4 Å². The van der Waals surface area contributed by atoms with Crippen LogP contribution in [0.1, 0.15) is 23.3 Å². The predicted octanol–water partition coefficient (Wildman–Crippen LogP) is 2.04. The molecule has 0 radical (unpaired) electrons. The van der Waals surface area contributed by atoms with E-state index in [1.54, 1.807) is 24.3 Å². The number of hydrogen-bond acceptors (Lipinski definition) is 3. The van der Waals surface area contributed by atoms with Crippen molar-refractivity contribution >= 4 is 5.91 Å². The molecule has 0 unspecified atom stereocenters. The van der Waals surface area contributed by atoms with Gasteiger partial charge in [-0.05, 0) is 56.1 Å². The zero-order chi connectivity index (χ0) is 15.8. The van der Waals surface area contributed by atoms with Crippen LogP contribution in [0.2, 0.25) is 0 Å². The number of aromatic nitrogens is 2. The van der Waals surface area contributed by atoms with E-state index in [1.165, 1.54) is 6.07 Å². The van der Waals surface area contributed by atoms with Crippen LogP contribution >= 0.6 is 0 Å². The highest BCUT2D eigenvalue weighted by atomic mass is 19.1. The zero-order valence-corrected chi connectivity index (χ0v) is 12.8. The average Bonchev–Trinajstić information content (AvgIpc) is 3.06. The van der Waals surface area contributed by atoms with E-state index < -0.39 is 5.95 Å². The summed E-state index contributed by atoms with van der Waals surface area (Å²) in [6.45, 7) is 3.24. The Morgan fingerprint density at radius 3 is 2.78 bits per heavy atom. The molecule has 3 aliphatic rings. The number of pyridine rings is 1. The molecule has 2 aromatic heterocycles. The number of nitrogens with one attached hydrogen (secondary N) is 2. The Morgan fingerprint density at radius 1 is 1.26 bits per heavy atom. The van der Waals surface area contributed by atoms with Crippen LogP contribution in [0.5, 0.6) is 0 Å². The first-order valence-electron chi connectivity index (χ1n) is 8.04. The Morgan fingerprint density at radius 2 is 2.09 bits per heavy atom. The zero-order valence-electron chi connectivity index (χ0n) is 12.8. The van der Waals surface area contributed by atoms with Crippen LogP contribution in [0.25, 0.3) is 11.4 Å². The van der Waals surface area contributed by atoms with Gasteiger partial charge >= 0.3 is 0 Å². The quantitative estimate of drug-likeness (QED) is 0.852. The van der Waals surface area contributed by atoms with Crippen molar-refractivity contribution in [3.63, 3.8) is 0 Å². The summed E-state index contributed by atoms with van der Waals surface area (Å²) in [5.41, 5.74) is 1.62. The number of nitrogens with zero attached hydrogens (tertiary/aromatic N) is 2. The molecule has 2 bridgehead atoms. The molecule has 0 aromatic carbocycles. The first kappa shape index (κ1) is 14.4. The number of piperidine rings is 3. The maximum Gasteiger partial charge on any atom is 0.267 e. The fourth-order valence-electron chi connectivity index (χ4n) is 3.61. The number of halogens is 1. The molecule has 0 aliphatic carbocycles. The number of rotatable bonds is 3. The molecule has 5 rings (SSSR count). The summed E-state index contributed by atoms with van der Waals surface area (Å²) in [6.07, 6.45) is 2.32. The van der Waals surface area contributed by atoms with Crippen molar-refractivity contribution in [1.29, 1.82) is 0 Å². The van der Waals surface area contributed by atoms with Crippen molar-refractivity contribution in [3.05, 3.63) is 42.0 Å². The average molecular weight is 314 g/mol. The van der Waals surface area contributed by atoms with Gasteiger partial charge in [0.25, 0.3) is 5.91 Å². The standard InChI is InChI=1S/C17H19FN4O/c18-16-3-1-2-12(20-16)13-4-5-14(19-13)17(23)21-15-10-22-8-6-11(15)7-9-22/h1-5,11,15,19H,6-10H2,(H,21,23)/t15-/m0/s1. The summed E-state index contributed by atoms with van der Waals surface area (Å²) < 4.78 is 13.2. The number of aromatic amines is 1. The molecule has 120 valence electrons. The predicted molar refractivity (Wildman–Crippen MR) is 84.4 cm³/mol. The van der Waals surface area contributed by atoms with Gasteiger partial charge in [-0.1, -0.05) is 6.07 Å². The number of fused-ring (bicyclic) bond motifs is 3. The minimum absolute atomic E-state index is 0.105. The Balaban J connectivity index is 1.47. The van der Waals surface area contributed by atoms with Gasteiger partial charge in [0.15, 0.2) is 0 Å². The van der Waals surface area contributed by atoms with Gasteiger partial charge in [-0.15, -0.1) is 0 Å². The molecular weight excluding hydrogens is 295 g/mol. The highest BCUT2D eigenvalue weighted by Gasteiger charge is 2.35. The van der Waals surface area contributed by atoms with Crippen LogP contribution in [0, 0.1) is 11.9 Å². The second-order valence-corrected chi connectivity index (χ2v) is 6.35. The summed E-state index contributed by atoms with van der Waals surface area (Å²) in [5.74, 6) is -0.0509. The van der Waals surface area contributed by atoms with Gasteiger partial charge in [0, 0.05) is 12.6 Å². The van der Waals surface area contributed by atoms with Gasteiger partial charge in [0.05, 0.1) is 11.4 Å². The molecule has 2 N–H and O–H groups in total. The smallest absolute Gasteiger partial charge is 0.267 e. The molecule has 1 atom stereocenters. The SMILES string of the molecule is O=C(N[C@H]1CN2CCC1CC2)c1ccc(-c2cccc(F)n2)[nH]1. The fourth-order valence-corrected chi connectivity index (χ4v) is 3.61. The van der Waals surface area contributed by atoms with Gasteiger partial charge in [-0.3, -0.25) is 4.79 Å². The number of carbonyl (C=O) groups is 1. The van der Waals surface area contributed by atoms with Crippen molar-refractivity contribution in [2.75, 3.05) is 19.6 Å². The maximum absolute atomic E-state index is 13.2. The minimum atomic E-state index is -0.532. The van der Waals surface area contributed by atoms with E-state index in [-0.39, 0.29) is 11.9 Å². The van der Waals surface area contributed by atoms with E-state index in [0.717, 1.165) is 32.5 Å². The van der Waals surface area contributed by atoms with Crippen LogP contribution in [-0.2, 0) is 0 Å². The normalized spacial score (nSPS) is 26.2. The Hall–Kier alpha value is -2.21. The minimum Gasteiger partial charge on any atom is -0.349 e. The summed E-state index contributed by atoms with van der Waals surface area (Å²) in [6, 6.07) is 8.32. The third-order valence-electron chi connectivity index (χ3n) is 4.89. The molecule has 2 aromatic rings. The summed E-state index contributed by atoms with van der Waals surface area (Å²) in [4.78, 5) is 21.7. The number of carbonyl (C=O) groups excluding carboxylic acids is 1. The summed E-state index contributed by atoms with van der Waals surface area (Å²) >= 11 is 0. The van der Waals surface area contributed by atoms with Crippen molar-refractivity contribution < 1.29 is 9.18 Å². The molecule has 3 aliphatic heterocycles. The third kappa shape index (κ3) is 2.86. The lowest BCUT2D eigenvalue weighted by Gasteiger charge is -2.44.